The van der Waals surface area contributed by atoms with Gasteiger partial charge in [-0.25, -0.2) is 0 Å². The van der Waals surface area contributed by atoms with Crippen molar-refractivity contribution in [3.05, 3.63) is 34.9 Å². The van der Waals surface area contributed by atoms with Crippen LogP contribution in [-0.4, -0.2) is 18.1 Å². The van der Waals surface area contributed by atoms with Crippen LogP contribution in [0.4, 0.5) is 0 Å². The van der Waals surface area contributed by atoms with E-state index in [0.29, 0.717) is 0 Å². The summed E-state index contributed by atoms with van der Waals surface area (Å²) >= 11 is 0. The van der Waals surface area contributed by atoms with E-state index in [-0.39, 0.29) is 6.79 Å². The summed E-state index contributed by atoms with van der Waals surface area (Å²) in [5, 5.41) is 2.15. The molecule has 0 spiro atoms. The lowest BCUT2D eigenvalue weighted by molar-refractivity contribution is 0.112. The zero-order valence-electron chi connectivity index (χ0n) is 11.2. The highest BCUT2D eigenvalue weighted by molar-refractivity contribution is 6.12. The maximum absolute atomic E-state index is 11.2. The van der Waals surface area contributed by atoms with Gasteiger partial charge < -0.3 is 14.5 Å². The van der Waals surface area contributed by atoms with Gasteiger partial charge >= 0.3 is 0 Å². The van der Waals surface area contributed by atoms with Crippen LogP contribution in [-0.2, 0) is 0 Å². The molecule has 1 aromatic heterocycles. The second-order valence-corrected chi connectivity index (χ2v) is 5.15. The maximum atomic E-state index is 11.2. The molecule has 2 heterocycles. The summed E-state index contributed by atoms with van der Waals surface area (Å²) in [5.74, 6) is 1.52. The van der Waals surface area contributed by atoms with Crippen LogP contribution in [0.25, 0.3) is 21.8 Å². The van der Waals surface area contributed by atoms with Gasteiger partial charge in [-0.3, -0.25) is 4.79 Å². The lowest BCUT2D eigenvalue weighted by Gasteiger charge is -2.04. The van der Waals surface area contributed by atoms with Crippen LogP contribution in [0.1, 0.15) is 21.5 Å². The van der Waals surface area contributed by atoms with Gasteiger partial charge in [-0.05, 0) is 37.1 Å². The van der Waals surface area contributed by atoms with Crippen molar-refractivity contribution in [2.75, 3.05) is 6.79 Å². The highest BCUT2D eigenvalue weighted by Crippen LogP contribution is 2.40. The summed E-state index contributed by atoms with van der Waals surface area (Å²) in [5.41, 5.74) is 4.84. The fourth-order valence-corrected chi connectivity index (χ4v) is 2.95. The number of carbonyl (C=O) groups excluding carboxylic acids is 1. The van der Waals surface area contributed by atoms with Crippen molar-refractivity contribution in [2.45, 2.75) is 13.8 Å². The summed E-state index contributed by atoms with van der Waals surface area (Å²) in [6.07, 6.45) is 0.910. The molecule has 3 aromatic rings. The van der Waals surface area contributed by atoms with Gasteiger partial charge in [0, 0.05) is 27.9 Å². The first-order chi connectivity index (χ1) is 9.69. The van der Waals surface area contributed by atoms with Gasteiger partial charge in [-0.15, -0.1) is 0 Å². The second-order valence-electron chi connectivity index (χ2n) is 5.15. The standard InChI is InChI=1S/C16H13NO3/c1-8-3-10(6-18)9(2)15-11-4-13-14(20-7-19-13)5-12(11)17-16(8)15/h3-6,17H,7H2,1-2H3. The van der Waals surface area contributed by atoms with E-state index in [1.54, 1.807) is 0 Å². The predicted octanol–water partition coefficient (Wildman–Crippen LogP) is 3.48. The van der Waals surface area contributed by atoms with Crippen LogP contribution in [0, 0.1) is 13.8 Å². The molecule has 1 N–H and O–H groups in total. The molecule has 0 radical (unpaired) electrons. The molecule has 1 aliphatic rings. The zero-order valence-corrected chi connectivity index (χ0v) is 11.2. The van der Waals surface area contributed by atoms with Crippen molar-refractivity contribution in [3.8, 4) is 11.5 Å². The summed E-state index contributed by atoms with van der Waals surface area (Å²) in [7, 11) is 0. The summed E-state index contributed by atoms with van der Waals surface area (Å²) in [4.78, 5) is 14.6. The van der Waals surface area contributed by atoms with Crippen LogP contribution in [0.3, 0.4) is 0 Å². The van der Waals surface area contributed by atoms with E-state index in [4.69, 9.17) is 9.47 Å². The van der Waals surface area contributed by atoms with Gasteiger partial charge in [-0.1, -0.05) is 0 Å². The Labute approximate surface area is 115 Å². The van der Waals surface area contributed by atoms with Crippen LogP contribution in [0.5, 0.6) is 11.5 Å². The van der Waals surface area contributed by atoms with Crippen molar-refractivity contribution < 1.29 is 14.3 Å². The molecule has 0 fully saturated rings. The summed E-state index contributed by atoms with van der Waals surface area (Å²) in [6.45, 7) is 4.24. The number of hydrogen-bond acceptors (Lipinski definition) is 3. The van der Waals surface area contributed by atoms with E-state index in [0.717, 1.165) is 56.3 Å². The van der Waals surface area contributed by atoms with Gasteiger partial charge in [-0.2, -0.15) is 0 Å². The third-order valence-electron chi connectivity index (χ3n) is 3.99. The zero-order chi connectivity index (χ0) is 13.9. The number of benzene rings is 2. The number of rotatable bonds is 1. The molecule has 0 bridgehead atoms. The highest BCUT2D eigenvalue weighted by Gasteiger charge is 2.18. The third kappa shape index (κ3) is 1.33. The van der Waals surface area contributed by atoms with Crippen LogP contribution in [0.15, 0.2) is 18.2 Å². The minimum Gasteiger partial charge on any atom is -0.454 e. The van der Waals surface area contributed by atoms with Crippen molar-refractivity contribution in [1.29, 1.82) is 0 Å². The summed E-state index contributed by atoms with van der Waals surface area (Å²) < 4.78 is 10.9. The van der Waals surface area contributed by atoms with Crippen molar-refractivity contribution in [1.82, 2.24) is 4.98 Å². The Kier molecular flexibility index (Phi) is 2.13. The molecule has 0 atom stereocenters. The SMILES string of the molecule is Cc1cc(C=O)c(C)c2c1[nH]c1cc3c(cc12)OCO3. The topological polar surface area (TPSA) is 51.3 Å². The molecular formula is C16H13NO3. The number of nitrogens with one attached hydrogen (secondary N) is 1. The second kappa shape index (κ2) is 3.76. The molecule has 0 saturated carbocycles. The van der Waals surface area contributed by atoms with Gasteiger partial charge in [0.1, 0.15) is 6.29 Å². The van der Waals surface area contributed by atoms with E-state index >= 15 is 0 Å². The molecular weight excluding hydrogens is 254 g/mol. The Morgan fingerprint density at radius 1 is 1.15 bits per heavy atom. The van der Waals surface area contributed by atoms with Crippen LogP contribution in [0.2, 0.25) is 0 Å². The fourth-order valence-electron chi connectivity index (χ4n) is 2.95. The van der Waals surface area contributed by atoms with Gasteiger partial charge in [0.25, 0.3) is 0 Å². The number of aldehydes is 1. The molecule has 20 heavy (non-hydrogen) atoms. The molecule has 2 aromatic carbocycles. The number of aryl methyl sites for hydroxylation is 2. The van der Waals surface area contributed by atoms with Gasteiger partial charge in [0.2, 0.25) is 6.79 Å². The number of ether oxygens (including phenoxy) is 2. The quantitative estimate of drug-likeness (QED) is 0.687. The van der Waals surface area contributed by atoms with Crippen molar-refractivity contribution in [2.24, 2.45) is 0 Å². The minimum absolute atomic E-state index is 0.261. The lowest BCUT2D eigenvalue weighted by Crippen LogP contribution is -1.93. The first kappa shape index (κ1) is 11.3. The van der Waals surface area contributed by atoms with Crippen LogP contribution < -0.4 is 9.47 Å². The fraction of sp³-hybridized carbons (Fsp3) is 0.188. The van der Waals surface area contributed by atoms with Gasteiger partial charge in [0.15, 0.2) is 11.5 Å². The third-order valence-corrected chi connectivity index (χ3v) is 3.99. The molecule has 4 heteroatoms. The van der Waals surface area contributed by atoms with Gasteiger partial charge in [0.05, 0.1) is 5.52 Å². The van der Waals surface area contributed by atoms with E-state index in [1.807, 2.05) is 32.0 Å². The number of hydrogen-bond donors (Lipinski definition) is 1. The lowest BCUT2D eigenvalue weighted by atomic mass is 9.99. The summed E-state index contributed by atoms with van der Waals surface area (Å²) in [6, 6.07) is 5.86. The smallest absolute Gasteiger partial charge is 0.231 e. The van der Waals surface area contributed by atoms with E-state index < -0.39 is 0 Å². The average Bonchev–Trinajstić information content (AvgIpc) is 3.03. The molecule has 0 saturated heterocycles. The molecule has 100 valence electrons. The normalized spacial score (nSPS) is 13.3. The number of aromatic nitrogens is 1. The molecule has 4 rings (SSSR count). The first-order valence-electron chi connectivity index (χ1n) is 6.49. The largest absolute Gasteiger partial charge is 0.454 e. The Morgan fingerprint density at radius 3 is 2.65 bits per heavy atom. The van der Waals surface area contributed by atoms with Crippen molar-refractivity contribution >= 4 is 28.1 Å². The Hall–Kier alpha value is -2.49. The number of aromatic amines is 1. The average molecular weight is 267 g/mol. The number of H-pyrrole nitrogens is 1. The monoisotopic (exact) mass is 267 g/mol. The Balaban J connectivity index is 2.20. The number of carbonyl (C=O) groups is 1. The molecule has 0 aliphatic carbocycles. The van der Waals surface area contributed by atoms with E-state index in [2.05, 4.69) is 4.98 Å². The molecule has 4 nitrogen and oxygen atoms in total. The maximum Gasteiger partial charge on any atom is 0.231 e. The first-order valence-corrected chi connectivity index (χ1v) is 6.49. The molecule has 0 unspecified atom stereocenters. The number of fused-ring (bicyclic) bond motifs is 4. The Morgan fingerprint density at radius 2 is 1.90 bits per heavy atom. The van der Waals surface area contributed by atoms with E-state index in [1.165, 1.54) is 0 Å². The highest BCUT2D eigenvalue weighted by atomic mass is 16.7. The Bertz CT molecular complexity index is 877. The predicted molar refractivity (Wildman–Crippen MR) is 76.8 cm³/mol. The minimum atomic E-state index is 0.261. The van der Waals surface area contributed by atoms with Crippen molar-refractivity contribution in [3.63, 3.8) is 0 Å². The molecule has 1 aliphatic heterocycles. The van der Waals surface area contributed by atoms with Crippen LogP contribution >= 0.6 is 0 Å². The molecule has 0 amide bonds. The van der Waals surface area contributed by atoms with E-state index in [9.17, 15) is 4.79 Å².